The van der Waals surface area contributed by atoms with Crippen LogP contribution in [0.15, 0.2) is 65.0 Å². The first kappa shape index (κ1) is 25.6. The quantitative estimate of drug-likeness (QED) is 0.302. The Morgan fingerprint density at radius 2 is 1.90 bits per heavy atom. The summed E-state index contributed by atoms with van der Waals surface area (Å²) in [6.07, 6.45) is 5.21. The second kappa shape index (κ2) is 10.1. The molecule has 12 nitrogen and oxygen atoms in total. The van der Waals surface area contributed by atoms with Crippen LogP contribution in [0.4, 0.5) is 17.3 Å². The van der Waals surface area contributed by atoms with Gasteiger partial charge in [-0.1, -0.05) is 6.08 Å². The van der Waals surface area contributed by atoms with E-state index in [1.54, 1.807) is 16.8 Å². The van der Waals surface area contributed by atoms with E-state index in [0.29, 0.717) is 22.8 Å². The van der Waals surface area contributed by atoms with Crippen molar-refractivity contribution in [2.45, 2.75) is 26.4 Å². The molecule has 40 heavy (non-hydrogen) atoms. The molecule has 206 valence electrons. The molecular formula is C28H32N10O2. The van der Waals surface area contributed by atoms with Gasteiger partial charge in [0.05, 0.1) is 18.3 Å². The van der Waals surface area contributed by atoms with Gasteiger partial charge in [0.15, 0.2) is 11.5 Å². The normalized spacial score (nSPS) is 14.4. The Hall–Kier alpha value is -4.71. The van der Waals surface area contributed by atoms with Gasteiger partial charge in [0, 0.05) is 61.2 Å². The molecule has 0 saturated carbocycles. The third kappa shape index (κ3) is 4.45. The average molecular weight is 541 g/mol. The van der Waals surface area contributed by atoms with Gasteiger partial charge in [-0.3, -0.25) is 9.59 Å². The summed E-state index contributed by atoms with van der Waals surface area (Å²) in [5, 5.41) is 9.30. The number of allylic oxidation sites excluding steroid dienone is 1. The summed E-state index contributed by atoms with van der Waals surface area (Å²) in [7, 11) is 2.15. The van der Waals surface area contributed by atoms with Crippen LogP contribution in [0.25, 0.3) is 27.8 Å². The molecule has 5 heterocycles. The summed E-state index contributed by atoms with van der Waals surface area (Å²) in [4.78, 5) is 42.9. The molecule has 0 amide bonds. The number of H-pyrrole nitrogens is 1. The predicted octanol–water partition coefficient (Wildman–Crippen LogP) is 2.88. The molecular weight excluding hydrogens is 508 g/mol. The molecule has 5 aromatic rings. The van der Waals surface area contributed by atoms with E-state index >= 15 is 0 Å². The zero-order chi connectivity index (χ0) is 28.0. The van der Waals surface area contributed by atoms with Crippen LogP contribution in [0.2, 0.25) is 0 Å². The molecule has 1 fully saturated rings. The van der Waals surface area contributed by atoms with Crippen LogP contribution in [0.3, 0.4) is 0 Å². The number of nitrogens with zero attached hydrogens (tertiary/aromatic N) is 8. The molecule has 1 aromatic carbocycles. The molecule has 0 radical (unpaired) electrons. The van der Waals surface area contributed by atoms with Gasteiger partial charge < -0.3 is 20.1 Å². The zero-order valence-electron chi connectivity index (χ0n) is 22.8. The molecule has 0 spiro atoms. The fraction of sp³-hybridized carbons (Fsp3) is 0.321. The van der Waals surface area contributed by atoms with Gasteiger partial charge in [-0.05, 0) is 45.2 Å². The summed E-state index contributed by atoms with van der Waals surface area (Å²) in [5.41, 5.74) is 2.91. The standard InChI is InChI=1S/C28H32N10O2/c1-5-10-36-27(40)21-16-30-28(32-26(21)38(36)24-8-9-25(39)37(33-24)18(2)3)31-19-6-7-20-22(15-19)29-17-23(20)35-13-11-34(4)12-14-35/h5-9,15-18,29H,1,10-14H2,2-4H3,(H,30,31,32). The smallest absolute Gasteiger partial charge is 0.278 e. The number of hydrogen-bond donors (Lipinski definition) is 2. The fourth-order valence-electron chi connectivity index (χ4n) is 5.13. The molecule has 1 aliphatic heterocycles. The van der Waals surface area contributed by atoms with E-state index in [0.717, 1.165) is 42.8 Å². The van der Waals surface area contributed by atoms with Crippen molar-refractivity contribution in [3.8, 4) is 5.82 Å². The number of aromatic amines is 1. The summed E-state index contributed by atoms with van der Waals surface area (Å²) in [5.74, 6) is 0.732. The van der Waals surface area contributed by atoms with Crippen molar-refractivity contribution < 1.29 is 0 Å². The Kier molecular flexibility index (Phi) is 6.46. The van der Waals surface area contributed by atoms with Crippen molar-refractivity contribution in [3.05, 3.63) is 76.1 Å². The van der Waals surface area contributed by atoms with E-state index in [2.05, 4.69) is 56.1 Å². The Labute approximate surface area is 230 Å². The summed E-state index contributed by atoms with van der Waals surface area (Å²) < 4.78 is 4.48. The topological polar surface area (TPSA) is 122 Å². The van der Waals surface area contributed by atoms with Crippen molar-refractivity contribution in [3.63, 3.8) is 0 Å². The summed E-state index contributed by atoms with van der Waals surface area (Å²) >= 11 is 0. The molecule has 1 aliphatic rings. The minimum Gasteiger partial charge on any atom is -0.367 e. The molecule has 4 aromatic heterocycles. The van der Waals surface area contributed by atoms with E-state index in [1.807, 2.05) is 26.0 Å². The Morgan fingerprint density at radius 1 is 1.10 bits per heavy atom. The third-order valence-electron chi connectivity index (χ3n) is 7.25. The molecule has 12 heteroatoms. The lowest BCUT2D eigenvalue weighted by molar-refractivity contribution is 0.313. The SMILES string of the molecule is C=CCn1c(=O)c2cnc(Nc3ccc4c(N5CCN(C)CC5)c[nH]c4c3)nc2n1-c1ccc(=O)n(C(C)C)n1. The largest absolute Gasteiger partial charge is 0.367 e. The number of nitrogens with one attached hydrogen (secondary N) is 2. The van der Waals surface area contributed by atoms with Gasteiger partial charge in [0.1, 0.15) is 5.39 Å². The van der Waals surface area contributed by atoms with Crippen LogP contribution in [-0.4, -0.2) is 72.2 Å². The average Bonchev–Trinajstić information content (AvgIpc) is 3.48. The molecule has 2 N–H and O–H groups in total. The highest BCUT2D eigenvalue weighted by Gasteiger charge is 2.20. The molecule has 0 unspecified atom stereocenters. The highest BCUT2D eigenvalue weighted by molar-refractivity contribution is 5.95. The number of hydrogen-bond acceptors (Lipinski definition) is 8. The van der Waals surface area contributed by atoms with Gasteiger partial charge in [-0.2, -0.15) is 4.98 Å². The zero-order valence-corrected chi connectivity index (χ0v) is 22.8. The number of anilines is 3. The second-order valence-electron chi connectivity index (χ2n) is 10.3. The number of benzene rings is 1. The molecule has 1 saturated heterocycles. The maximum atomic E-state index is 13.3. The fourth-order valence-corrected chi connectivity index (χ4v) is 5.13. The molecule has 0 atom stereocenters. The van der Waals surface area contributed by atoms with E-state index in [9.17, 15) is 9.59 Å². The molecule has 0 bridgehead atoms. The van der Waals surface area contributed by atoms with Crippen LogP contribution in [0.1, 0.15) is 19.9 Å². The van der Waals surface area contributed by atoms with Crippen LogP contribution < -0.4 is 21.3 Å². The van der Waals surface area contributed by atoms with Crippen molar-refractivity contribution in [2.24, 2.45) is 0 Å². The maximum absolute atomic E-state index is 13.3. The Balaban J connectivity index is 1.38. The highest BCUT2D eigenvalue weighted by Crippen LogP contribution is 2.30. The molecule has 0 aliphatic carbocycles. The van der Waals surface area contributed by atoms with Crippen LogP contribution in [0.5, 0.6) is 0 Å². The van der Waals surface area contributed by atoms with Crippen LogP contribution in [-0.2, 0) is 6.54 Å². The Bertz CT molecular complexity index is 1840. The molecule has 6 rings (SSSR count). The van der Waals surface area contributed by atoms with E-state index in [-0.39, 0.29) is 23.7 Å². The van der Waals surface area contributed by atoms with Gasteiger partial charge in [0.2, 0.25) is 5.95 Å². The number of likely N-dealkylation sites (N-methyl/N-ethyl adjacent to an activating group) is 1. The first-order chi connectivity index (χ1) is 19.3. The predicted molar refractivity (Wildman–Crippen MR) is 157 cm³/mol. The monoisotopic (exact) mass is 540 g/mol. The summed E-state index contributed by atoms with van der Waals surface area (Å²) in [6, 6.07) is 9.00. The first-order valence-electron chi connectivity index (χ1n) is 13.4. The second-order valence-corrected chi connectivity index (χ2v) is 10.3. The van der Waals surface area contributed by atoms with Crippen molar-refractivity contribution >= 4 is 39.3 Å². The number of rotatable bonds is 7. The van der Waals surface area contributed by atoms with E-state index in [4.69, 9.17) is 4.98 Å². The number of aromatic nitrogens is 7. The maximum Gasteiger partial charge on any atom is 0.278 e. The first-order valence-corrected chi connectivity index (χ1v) is 13.4. The van der Waals surface area contributed by atoms with Gasteiger partial charge in [-0.15, -0.1) is 11.7 Å². The van der Waals surface area contributed by atoms with Gasteiger partial charge >= 0.3 is 0 Å². The van der Waals surface area contributed by atoms with Crippen LogP contribution >= 0.6 is 0 Å². The van der Waals surface area contributed by atoms with Crippen molar-refractivity contribution in [2.75, 3.05) is 43.4 Å². The Morgan fingerprint density at radius 3 is 2.65 bits per heavy atom. The third-order valence-corrected chi connectivity index (χ3v) is 7.25. The highest BCUT2D eigenvalue weighted by atomic mass is 16.1. The van der Waals surface area contributed by atoms with Crippen LogP contribution in [0, 0.1) is 0 Å². The van der Waals surface area contributed by atoms with Gasteiger partial charge in [-0.25, -0.2) is 19.0 Å². The van der Waals surface area contributed by atoms with Gasteiger partial charge in [0.25, 0.3) is 11.1 Å². The number of piperazine rings is 1. The number of fused-ring (bicyclic) bond motifs is 2. The lowest BCUT2D eigenvalue weighted by Crippen LogP contribution is -2.44. The van der Waals surface area contributed by atoms with E-state index in [1.165, 1.54) is 27.3 Å². The van der Waals surface area contributed by atoms with Crippen molar-refractivity contribution in [1.29, 1.82) is 0 Å². The lowest BCUT2D eigenvalue weighted by Gasteiger charge is -2.33. The van der Waals surface area contributed by atoms with E-state index < -0.39 is 0 Å². The minimum absolute atomic E-state index is 0.152. The summed E-state index contributed by atoms with van der Waals surface area (Å²) in [6.45, 7) is 11.9. The lowest BCUT2D eigenvalue weighted by atomic mass is 10.2. The minimum atomic E-state index is -0.269. The van der Waals surface area contributed by atoms with Crippen molar-refractivity contribution in [1.82, 2.24) is 39.0 Å².